The number of nitrogens with zero attached hydrogens (tertiary/aromatic N) is 1. The molecule has 9 heteroatoms. The van der Waals surface area contributed by atoms with Crippen LogP contribution in [0.5, 0.6) is 11.5 Å². The number of sulfonamides is 1. The molecule has 1 fully saturated rings. The van der Waals surface area contributed by atoms with Gasteiger partial charge in [-0.15, -0.1) is 11.8 Å². The molecule has 0 aromatic heterocycles. The Hall–Kier alpha value is -2.23. The Morgan fingerprint density at radius 3 is 2.37 bits per heavy atom. The van der Waals surface area contributed by atoms with E-state index in [0.717, 1.165) is 29.9 Å². The Morgan fingerprint density at radius 1 is 1.03 bits per heavy atom. The maximum absolute atomic E-state index is 12.9. The monoisotopic (exact) mass is 450 g/mol. The molecular weight excluding hydrogens is 424 g/mol. The van der Waals surface area contributed by atoms with E-state index in [0.29, 0.717) is 24.5 Å². The maximum Gasteiger partial charge on any atom is 0.243 e. The van der Waals surface area contributed by atoms with Gasteiger partial charge in [-0.25, -0.2) is 8.42 Å². The first kappa shape index (κ1) is 22.5. The van der Waals surface area contributed by atoms with E-state index in [4.69, 9.17) is 9.47 Å². The Bertz CT molecular complexity index is 971. The number of nitrogens with one attached hydrogen (secondary N) is 1. The SMILES string of the molecule is COc1ccc(SCC(=O)Nc2cc(S(=O)(=O)N3CCCCC3)ccc2OC)cc1. The van der Waals surface area contributed by atoms with Crippen LogP contribution in [-0.2, 0) is 14.8 Å². The van der Waals surface area contributed by atoms with Gasteiger partial charge in [0.2, 0.25) is 15.9 Å². The topological polar surface area (TPSA) is 84.9 Å². The first-order valence-corrected chi connectivity index (χ1v) is 12.1. The predicted molar refractivity (Wildman–Crippen MR) is 118 cm³/mol. The van der Waals surface area contributed by atoms with Gasteiger partial charge in [0.1, 0.15) is 11.5 Å². The van der Waals surface area contributed by atoms with Crippen LogP contribution in [0.3, 0.4) is 0 Å². The van der Waals surface area contributed by atoms with Crippen LogP contribution in [0.2, 0.25) is 0 Å². The van der Waals surface area contributed by atoms with Crippen molar-refractivity contribution in [3.05, 3.63) is 42.5 Å². The van der Waals surface area contributed by atoms with Crippen LogP contribution >= 0.6 is 11.8 Å². The summed E-state index contributed by atoms with van der Waals surface area (Å²) in [6.45, 7) is 1.04. The smallest absolute Gasteiger partial charge is 0.243 e. The van der Waals surface area contributed by atoms with Gasteiger partial charge in [0.25, 0.3) is 0 Å². The molecule has 1 N–H and O–H groups in total. The van der Waals surface area contributed by atoms with Crippen LogP contribution in [0.15, 0.2) is 52.3 Å². The summed E-state index contributed by atoms with van der Waals surface area (Å²) < 4.78 is 37.8. The average Bonchev–Trinajstić information content (AvgIpc) is 2.78. The second-order valence-electron chi connectivity index (χ2n) is 6.84. The molecule has 0 saturated carbocycles. The fourth-order valence-electron chi connectivity index (χ4n) is 3.21. The molecule has 0 aliphatic carbocycles. The summed E-state index contributed by atoms with van der Waals surface area (Å²) >= 11 is 1.38. The molecule has 7 nitrogen and oxygen atoms in total. The fourth-order valence-corrected chi connectivity index (χ4v) is 5.45. The Labute approximate surface area is 181 Å². The van der Waals surface area contributed by atoms with Gasteiger partial charge in [0.05, 0.1) is 30.6 Å². The summed E-state index contributed by atoms with van der Waals surface area (Å²) in [4.78, 5) is 13.6. The van der Waals surface area contributed by atoms with Crippen LogP contribution in [0.1, 0.15) is 19.3 Å². The van der Waals surface area contributed by atoms with Gasteiger partial charge in [-0.1, -0.05) is 6.42 Å². The zero-order chi connectivity index (χ0) is 21.6. The standard InChI is InChI=1S/C21H26N2O5S2/c1-27-16-6-8-17(9-7-16)29-15-21(24)22-19-14-18(10-11-20(19)28-2)30(25,26)23-12-4-3-5-13-23/h6-11,14H,3-5,12-13,15H2,1-2H3,(H,22,24). The van der Waals surface area contributed by atoms with Gasteiger partial charge in [0.15, 0.2) is 0 Å². The van der Waals surface area contributed by atoms with Crippen LogP contribution in [0.25, 0.3) is 0 Å². The highest BCUT2D eigenvalue weighted by molar-refractivity contribution is 8.00. The van der Waals surface area contributed by atoms with E-state index in [-0.39, 0.29) is 16.6 Å². The molecule has 0 radical (unpaired) electrons. The number of rotatable bonds is 8. The Kier molecular flexibility index (Phi) is 7.63. The van der Waals surface area contributed by atoms with Crippen LogP contribution in [0, 0.1) is 0 Å². The van der Waals surface area contributed by atoms with Crippen molar-refractivity contribution in [1.29, 1.82) is 0 Å². The summed E-state index contributed by atoms with van der Waals surface area (Å²) in [6, 6.07) is 12.0. The van der Waals surface area contributed by atoms with Crippen molar-refractivity contribution >= 4 is 33.4 Å². The quantitative estimate of drug-likeness (QED) is 0.619. The minimum atomic E-state index is -3.60. The lowest BCUT2D eigenvalue weighted by molar-refractivity contribution is -0.113. The predicted octanol–water partition coefficient (Wildman–Crippen LogP) is 3.61. The summed E-state index contributed by atoms with van der Waals surface area (Å²) in [5, 5.41) is 2.78. The third-order valence-corrected chi connectivity index (χ3v) is 7.73. The third-order valence-electron chi connectivity index (χ3n) is 4.83. The van der Waals surface area contributed by atoms with E-state index in [1.165, 1.54) is 35.3 Å². The van der Waals surface area contributed by atoms with E-state index < -0.39 is 10.0 Å². The lowest BCUT2D eigenvalue weighted by Gasteiger charge is -2.26. The lowest BCUT2D eigenvalue weighted by atomic mass is 10.2. The summed E-state index contributed by atoms with van der Waals surface area (Å²) in [5.41, 5.74) is 0.343. The average molecular weight is 451 g/mol. The highest BCUT2D eigenvalue weighted by Gasteiger charge is 2.27. The molecule has 3 rings (SSSR count). The number of hydrogen-bond donors (Lipinski definition) is 1. The van der Waals surface area contributed by atoms with Crippen molar-refractivity contribution in [3.63, 3.8) is 0 Å². The molecule has 1 aliphatic heterocycles. The second-order valence-corrected chi connectivity index (χ2v) is 9.83. The maximum atomic E-state index is 12.9. The molecule has 1 amide bonds. The van der Waals surface area contributed by atoms with Gasteiger partial charge in [-0.3, -0.25) is 4.79 Å². The van der Waals surface area contributed by atoms with Crippen molar-refractivity contribution in [2.24, 2.45) is 0 Å². The van der Waals surface area contributed by atoms with E-state index in [1.807, 2.05) is 24.3 Å². The van der Waals surface area contributed by atoms with Gasteiger partial charge >= 0.3 is 0 Å². The van der Waals surface area contributed by atoms with Crippen molar-refractivity contribution < 1.29 is 22.7 Å². The largest absolute Gasteiger partial charge is 0.497 e. The number of carbonyl (C=O) groups is 1. The van der Waals surface area contributed by atoms with E-state index in [1.54, 1.807) is 13.2 Å². The van der Waals surface area contributed by atoms with Gasteiger partial charge < -0.3 is 14.8 Å². The van der Waals surface area contributed by atoms with Crippen LogP contribution in [0.4, 0.5) is 5.69 Å². The van der Waals surface area contributed by atoms with Gasteiger partial charge in [-0.05, 0) is 55.3 Å². The number of anilines is 1. The third kappa shape index (κ3) is 5.47. The normalized spacial score (nSPS) is 14.9. The number of methoxy groups -OCH3 is 2. The molecule has 0 bridgehead atoms. The zero-order valence-electron chi connectivity index (χ0n) is 17.1. The first-order valence-electron chi connectivity index (χ1n) is 9.69. The van der Waals surface area contributed by atoms with E-state index >= 15 is 0 Å². The molecule has 1 heterocycles. The molecule has 0 atom stereocenters. The molecule has 2 aromatic carbocycles. The van der Waals surface area contributed by atoms with Crippen LogP contribution in [-0.4, -0.2) is 51.7 Å². The van der Waals surface area contributed by atoms with Crippen LogP contribution < -0.4 is 14.8 Å². The number of thioether (sulfide) groups is 1. The zero-order valence-corrected chi connectivity index (χ0v) is 18.7. The molecule has 162 valence electrons. The summed E-state index contributed by atoms with van der Waals surface area (Å²) in [7, 11) is -0.516. The van der Waals surface area contributed by atoms with E-state index in [2.05, 4.69) is 5.32 Å². The fraction of sp³-hybridized carbons (Fsp3) is 0.381. The van der Waals surface area contributed by atoms with Crippen molar-refractivity contribution in [2.75, 3.05) is 38.4 Å². The Balaban J connectivity index is 1.70. The number of piperidine rings is 1. The van der Waals surface area contributed by atoms with Gasteiger partial charge in [0, 0.05) is 18.0 Å². The summed E-state index contributed by atoms with van der Waals surface area (Å²) in [6.07, 6.45) is 2.77. The molecular formula is C21H26N2O5S2. The second kappa shape index (κ2) is 10.2. The minimum Gasteiger partial charge on any atom is -0.497 e. The first-order chi connectivity index (χ1) is 14.4. The van der Waals surface area contributed by atoms with Crippen molar-refractivity contribution in [2.45, 2.75) is 29.1 Å². The molecule has 30 heavy (non-hydrogen) atoms. The highest BCUT2D eigenvalue weighted by Crippen LogP contribution is 2.30. The number of benzene rings is 2. The van der Waals surface area contributed by atoms with Crippen molar-refractivity contribution in [1.82, 2.24) is 4.31 Å². The Morgan fingerprint density at radius 2 is 1.73 bits per heavy atom. The number of amides is 1. The number of hydrogen-bond acceptors (Lipinski definition) is 6. The molecule has 1 saturated heterocycles. The van der Waals surface area contributed by atoms with Gasteiger partial charge in [-0.2, -0.15) is 4.31 Å². The lowest BCUT2D eigenvalue weighted by Crippen LogP contribution is -2.35. The molecule has 1 aliphatic rings. The number of carbonyl (C=O) groups excluding carboxylic acids is 1. The highest BCUT2D eigenvalue weighted by atomic mass is 32.2. The molecule has 0 unspecified atom stereocenters. The molecule has 0 spiro atoms. The van der Waals surface area contributed by atoms with Crippen molar-refractivity contribution in [3.8, 4) is 11.5 Å². The summed E-state index contributed by atoms with van der Waals surface area (Å²) in [5.74, 6) is 1.09. The van der Waals surface area contributed by atoms with E-state index in [9.17, 15) is 13.2 Å². The molecule has 2 aromatic rings. The number of ether oxygens (including phenoxy) is 2. The minimum absolute atomic E-state index is 0.156.